The topological polar surface area (TPSA) is 59.0 Å². The van der Waals surface area contributed by atoms with E-state index in [2.05, 4.69) is 15.7 Å². The van der Waals surface area contributed by atoms with Gasteiger partial charge in [-0.15, -0.1) is 11.3 Å². The second kappa shape index (κ2) is 7.42. The van der Waals surface area contributed by atoms with Gasteiger partial charge >= 0.3 is 6.18 Å². The number of aromatic nitrogens is 2. The van der Waals surface area contributed by atoms with Gasteiger partial charge in [-0.2, -0.15) is 18.3 Å². The van der Waals surface area contributed by atoms with E-state index >= 15 is 0 Å². The first-order chi connectivity index (χ1) is 14.9. The molecule has 2 atom stereocenters. The molecule has 0 aliphatic carbocycles. The standard InChI is InChI=1S/C22H17F3N4OS/c23-22(24,25)19-11-16(18-9-4-10-31-18)26-20-12-17(28-29(19)20)21(30)27-15-8-3-6-13-5-1-2-7-14(13)15/h1-10,12,16,19,26H,11H2,(H,27,30). The first kappa shape index (κ1) is 19.6. The van der Waals surface area contributed by atoms with Crippen LogP contribution in [0, 0.1) is 0 Å². The zero-order valence-electron chi connectivity index (χ0n) is 16.1. The zero-order valence-corrected chi connectivity index (χ0v) is 16.9. The minimum atomic E-state index is -4.48. The number of fused-ring (bicyclic) bond motifs is 2. The summed E-state index contributed by atoms with van der Waals surface area (Å²) >= 11 is 1.39. The molecule has 0 radical (unpaired) electrons. The van der Waals surface area contributed by atoms with Crippen LogP contribution in [-0.2, 0) is 0 Å². The van der Waals surface area contributed by atoms with Crippen LogP contribution in [0.4, 0.5) is 24.7 Å². The van der Waals surface area contributed by atoms with Crippen molar-refractivity contribution in [3.05, 3.63) is 76.6 Å². The first-order valence-electron chi connectivity index (χ1n) is 9.65. The number of halogens is 3. The van der Waals surface area contributed by atoms with Gasteiger partial charge in [-0.05, 0) is 22.9 Å². The molecule has 3 heterocycles. The van der Waals surface area contributed by atoms with Crippen molar-refractivity contribution >= 4 is 39.5 Å². The highest BCUT2D eigenvalue weighted by molar-refractivity contribution is 7.10. The molecule has 2 aromatic carbocycles. The predicted octanol–water partition coefficient (Wildman–Crippen LogP) is 6.01. The van der Waals surface area contributed by atoms with E-state index in [-0.39, 0.29) is 17.9 Å². The summed E-state index contributed by atoms with van der Waals surface area (Å²) in [6.45, 7) is 0. The predicted molar refractivity (Wildman–Crippen MR) is 115 cm³/mol. The molecule has 1 aliphatic rings. The van der Waals surface area contributed by atoms with Gasteiger partial charge in [0.25, 0.3) is 5.91 Å². The Morgan fingerprint density at radius 1 is 1.13 bits per heavy atom. The number of nitrogens with one attached hydrogen (secondary N) is 2. The first-order valence-corrected chi connectivity index (χ1v) is 10.5. The van der Waals surface area contributed by atoms with Crippen molar-refractivity contribution in [2.75, 3.05) is 10.6 Å². The summed E-state index contributed by atoms with van der Waals surface area (Å²) in [4.78, 5) is 13.7. The Morgan fingerprint density at radius 3 is 2.71 bits per heavy atom. The van der Waals surface area contributed by atoms with Gasteiger partial charge in [0.1, 0.15) is 5.82 Å². The number of anilines is 2. The maximum Gasteiger partial charge on any atom is 0.410 e. The van der Waals surface area contributed by atoms with Crippen molar-refractivity contribution in [3.63, 3.8) is 0 Å². The van der Waals surface area contributed by atoms with Gasteiger partial charge in [-0.1, -0.05) is 42.5 Å². The highest BCUT2D eigenvalue weighted by atomic mass is 32.1. The van der Waals surface area contributed by atoms with Gasteiger partial charge in [-0.3, -0.25) is 4.79 Å². The lowest BCUT2D eigenvalue weighted by molar-refractivity contribution is -0.173. The van der Waals surface area contributed by atoms with Gasteiger partial charge in [0.15, 0.2) is 11.7 Å². The number of nitrogens with zero attached hydrogens (tertiary/aromatic N) is 2. The Hall–Kier alpha value is -3.33. The van der Waals surface area contributed by atoms with Crippen molar-refractivity contribution in [3.8, 4) is 0 Å². The monoisotopic (exact) mass is 442 g/mol. The average Bonchev–Trinajstić information content (AvgIpc) is 3.42. The minimum absolute atomic E-state index is 0.0727. The number of carbonyl (C=O) groups is 1. The lowest BCUT2D eigenvalue weighted by Gasteiger charge is -2.32. The van der Waals surface area contributed by atoms with Crippen molar-refractivity contribution in [2.24, 2.45) is 0 Å². The number of hydrogen-bond donors (Lipinski definition) is 2. The Kier molecular flexibility index (Phi) is 4.70. The molecule has 1 aliphatic heterocycles. The molecule has 2 aromatic heterocycles. The second-order valence-electron chi connectivity index (χ2n) is 7.35. The van der Waals surface area contributed by atoms with E-state index < -0.39 is 24.2 Å². The van der Waals surface area contributed by atoms with Gasteiger partial charge in [0, 0.05) is 28.4 Å². The van der Waals surface area contributed by atoms with E-state index in [1.165, 1.54) is 17.4 Å². The van der Waals surface area contributed by atoms with E-state index in [0.29, 0.717) is 5.69 Å². The molecule has 4 aromatic rings. The molecular weight excluding hydrogens is 425 g/mol. The molecule has 2 N–H and O–H groups in total. The number of hydrogen-bond acceptors (Lipinski definition) is 4. The van der Waals surface area contributed by atoms with Crippen LogP contribution in [0.25, 0.3) is 10.8 Å². The third kappa shape index (κ3) is 3.65. The zero-order chi connectivity index (χ0) is 21.6. The molecule has 5 nitrogen and oxygen atoms in total. The maximum atomic E-state index is 13.8. The van der Waals surface area contributed by atoms with Crippen molar-refractivity contribution < 1.29 is 18.0 Å². The number of benzene rings is 2. The molecule has 0 spiro atoms. The molecular formula is C22H17F3N4OS. The quantitative estimate of drug-likeness (QED) is 0.409. The van der Waals surface area contributed by atoms with E-state index in [0.717, 1.165) is 20.3 Å². The van der Waals surface area contributed by atoms with Crippen LogP contribution in [0.5, 0.6) is 0 Å². The van der Waals surface area contributed by atoms with E-state index in [1.807, 2.05) is 41.8 Å². The summed E-state index contributed by atoms with van der Waals surface area (Å²) in [6.07, 6.45) is -4.68. The maximum absolute atomic E-state index is 13.8. The molecule has 0 fully saturated rings. The minimum Gasteiger partial charge on any atom is -0.363 e. The Labute approximate surface area is 179 Å². The molecule has 158 valence electrons. The number of carbonyl (C=O) groups excluding carboxylic acids is 1. The van der Waals surface area contributed by atoms with E-state index in [4.69, 9.17) is 0 Å². The SMILES string of the molecule is O=C(Nc1cccc2ccccc12)c1cc2n(n1)C(C(F)(F)F)CC(c1cccs1)N2. The fourth-order valence-electron chi connectivity index (χ4n) is 3.88. The molecule has 1 amide bonds. The summed E-state index contributed by atoms with van der Waals surface area (Å²) in [7, 11) is 0. The Balaban J connectivity index is 1.47. The summed E-state index contributed by atoms with van der Waals surface area (Å²) < 4.78 is 42.2. The summed E-state index contributed by atoms with van der Waals surface area (Å²) in [5.41, 5.74) is 0.502. The second-order valence-corrected chi connectivity index (χ2v) is 8.32. The van der Waals surface area contributed by atoms with Crippen LogP contribution >= 0.6 is 11.3 Å². The fraction of sp³-hybridized carbons (Fsp3) is 0.182. The smallest absolute Gasteiger partial charge is 0.363 e. The highest BCUT2D eigenvalue weighted by Gasteiger charge is 2.47. The molecule has 9 heteroatoms. The van der Waals surface area contributed by atoms with Gasteiger partial charge < -0.3 is 10.6 Å². The summed E-state index contributed by atoms with van der Waals surface area (Å²) in [5, 5.41) is 13.5. The number of rotatable bonds is 3. The normalized spacial score (nSPS) is 18.4. The summed E-state index contributed by atoms with van der Waals surface area (Å²) in [6, 6.07) is 15.7. The van der Waals surface area contributed by atoms with Crippen LogP contribution < -0.4 is 10.6 Å². The average molecular weight is 442 g/mol. The largest absolute Gasteiger partial charge is 0.410 e. The number of thiophene rings is 1. The highest BCUT2D eigenvalue weighted by Crippen LogP contribution is 2.44. The van der Waals surface area contributed by atoms with Crippen molar-refractivity contribution in [2.45, 2.75) is 24.7 Å². The third-order valence-corrected chi connectivity index (χ3v) is 6.33. The van der Waals surface area contributed by atoms with Gasteiger partial charge in [-0.25, -0.2) is 4.68 Å². The van der Waals surface area contributed by atoms with Crippen LogP contribution in [-0.4, -0.2) is 21.9 Å². The van der Waals surface area contributed by atoms with Crippen LogP contribution in [0.15, 0.2) is 66.0 Å². The van der Waals surface area contributed by atoms with Gasteiger partial charge in [0.2, 0.25) is 0 Å². The van der Waals surface area contributed by atoms with Crippen LogP contribution in [0.1, 0.15) is 33.9 Å². The third-order valence-electron chi connectivity index (χ3n) is 5.35. The lowest BCUT2D eigenvalue weighted by Crippen LogP contribution is -2.35. The van der Waals surface area contributed by atoms with Crippen molar-refractivity contribution in [1.82, 2.24) is 9.78 Å². The molecule has 0 bridgehead atoms. The fourth-order valence-corrected chi connectivity index (χ4v) is 4.67. The Morgan fingerprint density at radius 2 is 1.94 bits per heavy atom. The van der Waals surface area contributed by atoms with Crippen LogP contribution in [0.2, 0.25) is 0 Å². The summed E-state index contributed by atoms with van der Waals surface area (Å²) in [5.74, 6) is -0.385. The van der Waals surface area contributed by atoms with E-state index in [9.17, 15) is 18.0 Å². The lowest BCUT2D eigenvalue weighted by atomic mass is 10.0. The molecule has 2 unspecified atom stereocenters. The molecule has 31 heavy (non-hydrogen) atoms. The van der Waals surface area contributed by atoms with Gasteiger partial charge in [0.05, 0.1) is 6.04 Å². The van der Waals surface area contributed by atoms with Crippen molar-refractivity contribution in [1.29, 1.82) is 0 Å². The number of amides is 1. The molecule has 0 saturated carbocycles. The van der Waals surface area contributed by atoms with Crippen LogP contribution in [0.3, 0.4) is 0 Å². The van der Waals surface area contributed by atoms with E-state index in [1.54, 1.807) is 18.2 Å². The molecule has 0 saturated heterocycles. The molecule has 5 rings (SSSR count). The Bertz CT molecular complexity index is 1240. The number of alkyl halides is 3.